The smallest absolute Gasteiger partial charge is 0.164 e. The van der Waals surface area contributed by atoms with Gasteiger partial charge in [-0.15, -0.1) is 0 Å². The monoisotopic (exact) mass is 283 g/mol. The Hall–Kier alpha value is -0.930. The molecule has 0 aromatic heterocycles. The van der Waals surface area contributed by atoms with Gasteiger partial charge in [-0.25, -0.2) is 0 Å². The molecule has 0 heterocycles. The van der Waals surface area contributed by atoms with E-state index in [1.165, 1.54) is 12.8 Å². The van der Waals surface area contributed by atoms with Crippen molar-refractivity contribution in [1.82, 2.24) is 0 Å². The van der Waals surface area contributed by atoms with Crippen LogP contribution in [0.2, 0.25) is 5.02 Å². The molecule has 4 heteroatoms. The molecule has 1 fully saturated rings. The maximum atomic E-state index is 6.10. The molecule has 0 aliphatic heterocycles. The van der Waals surface area contributed by atoms with E-state index in [0.717, 1.165) is 36.7 Å². The summed E-state index contributed by atoms with van der Waals surface area (Å²) in [5, 5.41) is 0.655. The highest BCUT2D eigenvalue weighted by atomic mass is 35.5. The molecule has 3 nitrogen and oxygen atoms in total. The van der Waals surface area contributed by atoms with E-state index in [4.69, 9.17) is 26.8 Å². The topological polar surface area (TPSA) is 44.5 Å². The SMILES string of the molecule is COc1cc(Cl)cc(CC(C)N)c1OCCC1CC1. The van der Waals surface area contributed by atoms with E-state index in [9.17, 15) is 0 Å². The van der Waals surface area contributed by atoms with Gasteiger partial charge in [-0.1, -0.05) is 24.4 Å². The largest absolute Gasteiger partial charge is 0.493 e. The molecule has 1 aromatic carbocycles. The molecule has 1 saturated carbocycles. The van der Waals surface area contributed by atoms with E-state index in [2.05, 4.69) is 0 Å². The molecule has 0 saturated heterocycles. The van der Waals surface area contributed by atoms with Crippen molar-refractivity contribution in [2.75, 3.05) is 13.7 Å². The fraction of sp³-hybridized carbons (Fsp3) is 0.600. The fourth-order valence-electron chi connectivity index (χ4n) is 2.17. The van der Waals surface area contributed by atoms with Gasteiger partial charge in [0.15, 0.2) is 11.5 Å². The summed E-state index contributed by atoms with van der Waals surface area (Å²) in [4.78, 5) is 0. The third-order valence-electron chi connectivity index (χ3n) is 3.33. The maximum Gasteiger partial charge on any atom is 0.164 e. The first-order chi connectivity index (χ1) is 9.10. The third-order valence-corrected chi connectivity index (χ3v) is 3.55. The zero-order valence-electron chi connectivity index (χ0n) is 11.6. The minimum absolute atomic E-state index is 0.0638. The highest BCUT2D eigenvalue weighted by Crippen LogP contribution is 2.37. The number of methoxy groups -OCH3 is 1. The molecular formula is C15H22ClNO2. The van der Waals surface area contributed by atoms with Crippen molar-refractivity contribution in [3.63, 3.8) is 0 Å². The predicted molar refractivity (Wildman–Crippen MR) is 78.2 cm³/mol. The summed E-state index contributed by atoms with van der Waals surface area (Å²) in [6, 6.07) is 3.77. The second-order valence-corrected chi connectivity index (χ2v) is 5.79. The first-order valence-corrected chi connectivity index (χ1v) is 7.22. The second-order valence-electron chi connectivity index (χ2n) is 5.36. The van der Waals surface area contributed by atoms with Crippen molar-refractivity contribution in [3.8, 4) is 11.5 Å². The molecule has 1 aliphatic carbocycles. The molecule has 106 valence electrons. The average molecular weight is 284 g/mol. The Labute approximate surface area is 120 Å². The summed E-state index contributed by atoms with van der Waals surface area (Å²) in [5.74, 6) is 2.35. The third kappa shape index (κ3) is 4.29. The van der Waals surface area contributed by atoms with E-state index < -0.39 is 0 Å². The first-order valence-electron chi connectivity index (χ1n) is 6.85. The minimum Gasteiger partial charge on any atom is -0.493 e. The molecule has 2 N–H and O–H groups in total. The van der Waals surface area contributed by atoms with Gasteiger partial charge in [0.1, 0.15) is 0 Å². The summed E-state index contributed by atoms with van der Waals surface area (Å²) in [6.07, 6.45) is 4.53. The van der Waals surface area contributed by atoms with Gasteiger partial charge in [0, 0.05) is 22.7 Å². The zero-order valence-corrected chi connectivity index (χ0v) is 12.4. The molecule has 0 bridgehead atoms. The molecule has 0 amide bonds. The first kappa shape index (κ1) is 14.5. The summed E-state index contributed by atoms with van der Waals surface area (Å²) < 4.78 is 11.3. The van der Waals surface area contributed by atoms with Crippen molar-refractivity contribution in [2.45, 2.75) is 38.6 Å². The number of benzene rings is 1. The van der Waals surface area contributed by atoms with E-state index in [1.807, 2.05) is 13.0 Å². The van der Waals surface area contributed by atoms with Crippen LogP contribution >= 0.6 is 11.6 Å². The van der Waals surface area contributed by atoms with Gasteiger partial charge in [-0.2, -0.15) is 0 Å². The van der Waals surface area contributed by atoms with Gasteiger partial charge in [0.2, 0.25) is 0 Å². The lowest BCUT2D eigenvalue weighted by atomic mass is 10.1. The van der Waals surface area contributed by atoms with Crippen LogP contribution in [0.25, 0.3) is 0 Å². The number of ether oxygens (including phenoxy) is 2. The Kier molecular flexibility index (Phi) is 4.94. The van der Waals surface area contributed by atoms with Crippen molar-refractivity contribution >= 4 is 11.6 Å². The van der Waals surface area contributed by atoms with Crippen molar-refractivity contribution in [1.29, 1.82) is 0 Å². The Morgan fingerprint density at radius 2 is 2.16 bits per heavy atom. The minimum atomic E-state index is 0.0638. The molecule has 1 unspecified atom stereocenters. The molecule has 0 spiro atoms. The molecule has 2 rings (SSSR count). The number of halogens is 1. The Morgan fingerprint density at radius 1 is 1.42 bits per heavy atom. The van der Waals surface area contributed by atoms with E-state index in [-0.39, 0.29) is 6.04 Å². The standard InChI is InChI=1S/C15H22ClNO2/c1-10(17)7-12-8-13(16)9-14(18-2)15(12)19-6-5-11-3-4-11/h8-11H,3-7,17H2,1-2H3. The number of hydrogen-bond acceptors (Lipinski definition) is 3. The van der Waals surface area contributed by atoms with Crippen LogP contribution in [-0.4, -0.2) is 19.8 Å². The van der Waals surface area contributed by atoms with Crippen LogP contribution in [0.3, 0.4) is 0 Å². The Balaban J connectivity index is 2.14. The van der Waals surface area contributed by atoms with Gasteiger partial charge in [0.25, 0.3) is 0 Å². The molecule has 1 atom stereocenters. The van der Waals surface area contributed by atoms with E-state index in [0.29, 0.717) is 10.8 Å². The van der Waals surface area contributed by atoms with Crippen molar-refractivity contribution in [2.24, 2.45) is 11.7 Å². The van der Waals surface area contributed by atoms with E-state index >= 15 is 0 Å². The molecule has 0 radical (unpaired) electrons. The average Bonchev–Trinajstić information content (AvgIpc) is 3.14. The van der Waals surface area contributed by atoms with Gasteiger partial charge >= 0.3 is 0 Å². The Morgan fingerprint density at radius 3 is 2.74 bits per heavy atom. The summed E-state index contributed by atoms with van der Waals surface area (Å²) in [6.45, 7) is 2.70. The lowest BCUT2D eigenvalue weighted by Gasteiger charge is -2.17. The van der Waals surface area contributed by atoms with Crippen LogP contribution in [0.1, 0.15) is 31.7 Å². The number of nitrogens with two attached hydrogens (primary N) is 1. The second kappa shape index (κ2) is 6.49. The van der Waals surface area contributed by atoms with Crippen LogP contribution in [0.4, 0.5) is 0 Å². The maximum absolute atomic E-state index is 6.10. The predicted octanol–water partition coefficient (Wildman–Crippen LogP) is 3.42. The quantitative estimate of drug-likeness (QED) is 0.834. The lowest BCUT2D eigenvalue weighted by Crippen LogP contribution is -2.18. The molecule has 19 heavy (non-hydrogen) atoms. The van der Waals surface area contributed by atoms with Gasteiger partial charge in [0.05, 0.1) is 13.7 Å². The van der Waals surface area contributed by atoms with Crippen LogP contribution in [0, 0.1) is 5.92 Å². The van der Waals surface area contributed by atoms with Crippen molar-refractivity contribution < 1.29 is 9.47 Å². The van der Waals surface area contributed by atoms with Gasteiger partial charge in [-0.3, -0.25) is 0 Å². The van der Waals surface area contributed by atoms with Crippen LogP contribution < -0.4 is 15.2 Å². The van der Waals surface area contributed by atoms with Crippen LogP contribution in [-0.2, 0) is 6.42 Å². The summed E-state index contributed by atoms with van der Waals surface area (Å²) in [5.41, 5.74) is 6.91. The zero-order chi connectivity index (χ0) is 13.8. The summed E-state index contributed by atoms with van der Waals surface area (Å²) >= 11 is 6.10. The normalized spacial score (nSPS) is 16.2. The molecule has 1 aliphatic rings. The van der Waals surface area contributed by atoms with Crippen LogP contribution in [0.15, 0.2) is 12.1 Å². The van der Waals surface area contributed by atoms with Crippen molar-refractivity contribution in [3.05, 3.63) is 22.7 Å². The Bertz CT molecular complexity index is 430. The number of hydrogen-bond donors (Lipinski definition) is 1. The lowest BCUT2D eigenvalue weighted by molar-refractivity contribution is 0.279. The number of rotatable bonds is 7. The van der Waals surface area contributed by atoms with E-state index in [1.54, 1.807) is 13.2 Å². The van der Waals surface area contributed by atoms with Gasteiger partial charge < -0.3 is 15.2 Å². The van der Waals surface area contributed by atoms with Crippen LogP contribution in [0.5, 0.6) is 11.5 Å². The fourth-order valence-corrected chi connectivity index (χ4v) is 2.40. The summed E-state index contributed by atoms with van der Waals surface area (Å²) in [7, 11) is 1.63. The van der Waals surface area contributed by atoms with Gasteiger partial charge in [-0.05, 0) is 31.7 Å². The molecular weight excluding hydrogens is 262 g/mol. The molecule has 1 aromatic rings. The highest BCUT2D eigenvalue weighted by molar-refractivity contribution is 6.30. The highest BCUT2D eigenvalue weighted by Gasteiger charge is 2.21.